The van der Waals surface area contributed by atoms with Crippen LogP contribution in [-0.2, 0) is 0 Å². The zero-order chi connectivity index (χ0) is 11.4. The van der Waals surface area contributed by atoms with Crippen molar-refractivity contribution >= 4 is 20.8 Å². The van der Waals surface area contributed by atoms with Gasteiger partial charge < -0.3 is 4.90 Å². The van der Waals surface area contributed by atoms with Gasteiger partial charge >= 0.3 is 0 Å². The molecule has 14 heavy (non-hydrogen) atoms. The fraction of sp³-hybridized carbons (Fsp3) is 0.909. The molecular formula is C11H25B2N. The van der Waals surface area contributed by atoms with Crippen molar-refractivity contribution in [1.29, 1.82) is 0 Å². The van der Waals surface area contributed by atoms with Gasteiger partial charge in [-0.3, -0.25) is 0 Å². The average Bonchev–Trinajstić information content (AvgIpc) is 2.01. The Morgan fingerprint density at radius 1 is 1.21 bits per heavy atom. The molecule has 0 spiro atoms. The molecule has 0 fully saturated rings. The first-order valence-electron chi connectivity index (χ1n) is 5.76. The van der Waals surface area contributed by atoms with Crippen LogP contribution in [0.15, 0.2) is 4.90 Å². The van der Waals surface area contributed by atoms with E-state index in [0.717, 1.165) is 13.7 Å². The summed E-state index contributed by atoms with van der Waals surface area (Å²) in [6.45, 7) is 13.7. The molecule has 0 aliphatic rings. The van der Waals surface area contributed by atoms with E-state index in [1.165, 1.54) is 12.1 Å². The van der Waals surface area contributed by atoms with E-state index in [2.05, 4.69) is 54.2 Å². The second-order valence-electron chi connectivity index (χ2n) is 5.90. The lowest BCUT2D eigenvalue weighted by Gasteiger charge is -2.30. The van der Waals surface area contributed by atoms with E-state index in [1.54, 1.807) is 0 Å². The SMILES string of the molecule is BB/N=C(\CC(C)(C)C)C(C)(C)CC. The monoisotopic (exact) mass is 193 g/mol. The molecule has 3 heteroatoms. The molecule has 0 saturated heterocycles. The molecule has 0 aromatic heterocycles. The summed E-state index contributed by atoms with van der Waals surface area (Å²) >= 11 is 0. The summed E-state index contributed by atoms with van der Waals surface area (Å²) in [5.74, 6) is 0. The van der Waals surface area contributed by atoms with Gasteiger partial charge in [0.1, 0.15) is 0 Å². The maximum absolute atomic E-state index is 4.67. The van der Waals surface area contributed by atoms with Gasteiger partial charge in [-0.15, -0.1) is 0 Å². The predicted octanol–water partition coefficient (Wildman–Crippen LogP) is 2.20. The third-order valence-corrected chi connectivity index (χ3v) is 2.71. The Labute approximate surface area is 91.4 Å². The van der Waals surface area contributed by atoms with Crippen molar-refractivity contribution < 1.29 is 0 Å². The van der Waals surface area contributed by atoms with Gasteiger partial charge in [0.05, 0.1) is 7.74 Å². The van der Waals surface area contributed by atoms with Gasteiger partial charge in [-0.25, -0.2) is 0 Å². The lowest BCUT2D eigenvalue weighted by molar-refractivity contribution is 0.401. The standard InChI is InChI=1S/C11H25B2N/c1-7-11(5,6)9(14-13-12)8-10(2,3)4/h13H,7-8,12H2,1-6H3/b14-9+. The topological polar surface area (TPSA) is 12.4 Å². The predicted molar refractivity (Wildman–Crippen MR) is 71.3 cm³/mol. The number of hydrogen-bond acceptors (Lipinski definition) is 1. The van der Waals surface area contributed by atoms with Crippen LogP contribution in [0, 0.1) is 10.8 Å². The van der Waals surface area contributed by atoms with Crippen LogP contribution < -0.4 is 0 Å². The van der Waals surface area contributed by atoms with Gasteiger partial charge in [-0.2, -0.15) is 0 Å². The Kier molecular flexibility index (Phi) is 4.97. The number of rotatable bonds is 4. The molecule has 0 aromatic carbocycles. The maximum Gasteiger partial charge on any atom is 0.218 e. The van der Waals surface area contributed by atoms with E-state index in [4.69, 9.17) is 0 Å². The van der Waals surface area contributed by atoms with Crippen LogP contribution in [0.5, 0.6) is 0 Å². The fourth-order valence-electron chi connectivity index (χ4n) is 1.41. The van der Waals surface area contributed by atoms with Gasteiger partial charge in [0.15, 0.2) is 0 Å². The normalized spacial score (nSPS) is 14.3. The van der Waals surface area contributed by atoms with Crippen molar-refractivity contribution in [3.8, 4) is 0 Å². The second-order valence-corrected chi connectivity index (χ2v) is 5.90. The van der Waals surface area contributed by atoms with Crippen LogP contribution in [-0.4, -0.2) is 20.8 Å². The van der Waals surface area contributed by atoms with Crippen LogP contribution in [0.1, 0.15) is 54.4 Å². The van der Waals surface area contributed by atoms with E-state index in [0.29, 0.717) is 5.41 Å². The van der Waals surface area contributed by atoms with Crippen molar-refractivity contribution in [2.75, 3.05) is 0 Å². The first kappa shape index (κ1) is 13.8. The maximum atomic E-state index is 4.67. The molecule has 0 radical (unpaired) electrons. The molecule has 0 aliphatic carbocycles. The van der Waals surface area contributed by atoms with Crippen molar-refractivity contribution in [1.82, 2.24) is 0 Å². The van der Waals surface area contributed by atoms with Crippen molar-refractivity contribution in [3.05, 3.63) is 0 Å². The van der Waals surface area contributed by atoms with Crippen molar-refractivity contribution in [2.45, 2.75) is 54.4 Å². The largest absolute Gasteiger partial charge is 0.364 e. The van der Waals surface area contributed by atoms with Crippen LogP contribution in [0.3, 0.4) is 0 Å². The Balaban J connectivity index is 4.71. The van der Waals surface area contributed by atoms with Crippen LogP contribution in [0.2, 0.25) is 0 Å². The smallest absolute Gasteiger partial charge is 0.218 e. The molecule has 0 heterocycles. The molecular weight excluding hydrogens is 168 g/mol. The Morgan fingerprint density at radius 3 is 2.00 bits per heavy atom. The minimum atomic E-state index is 0.267. The van der Waals surface area contributed by atoms with Gasteiger partial charge in [-0.1, -0.05) is 41.5 Å². The van der Waals surface area contributed by atoms with Crippen LogP contribution >= 0.6 is 0 Å². The highest BCUT2D eigenvalue weighted by molar-refractivity contribution is 6.88. The van der Waals surface area contributed by atoms with Gasteiger partial charge in [-0.05, 0) is 18.3 Å². The molecule has 1 nitrogen and oxygen atoms in total. The number of nitrogens with zero attached hydrogens (tertiary/aromatic N) is 1. The summed E-state index contributed by atoms with van der Waals surface area (Å²) in [6.07, 6.45) is 2.28. The number of hydrogen-bond donors (Lipinski definition) is 0. The summed E-state index contributed by atoms with van der Waals surface area (Å²) in [6, 6.07) is 0. The summed E-state index contributed by atoms with van der Waals surface area (Å²) in [5, 5.41) is 0. The summed E-state index contributed by atoms with van der Waals surface area (Å²) < 4.78 is 0. The zero-order valence-electron chi connectivity index (χ0n) is 11.1. The van der Waals surface area contributed by atoms with E-state index < -0.39 is 0 Å². The third kappa shape index (κ3) is 4.88. The van der Waals surface area contributed by atoms with Crippen LogP contribution in [0.4, 0.5) is 0 Å². The Hall–Kier alpha value is -0.200. The highest BCUT2D eigenvalue weighted by Crippen LogP contribution is 2.30. The van der Waals surface area contributed by atoms with Gasteiger partial charge in [0, 0.05) is 11.1 Å². The first-order valence-corrected chi connectivity index (χ1v) is 5.76. The molecule has 0 unspecified atom stereocenters. The summed E-state index contributed by atoms with van der Waals surface area (Å²) in [5.41, 5.74) is 2.00. The lowest BCUT2D eigenvalue weighted by Crippen LogP contribution is -2.28. The van der Waals surface area contributed by atoms with Crippen molar-refractivity contribution in [3.63, 3.8) is 0 Å². The van der Waals surface area contributed by atoms with Crippen molar-refractivity contribution in [2.24, 2.45) is 15.7 Å². The third-order valence-electron chi connectivity index (χ3n) is 2.71. The van der Waals surface area contributed by atoms with E-state index in [-0.39, 0.29) is 5.41 Å². The Morgan fingerprint density at radius 2 is 1.71 bits per heavy atom. The highest BCUT2D eigenvalue weighted by Gasteiger charge is 2.26. The zero-order valence-corrected chi connectivity index (χ0v) is 11.1. The minimum absolute atomic E-state index is 0.267. The van der Waals surface area contributed by atoms with E-state index in [1.807, 2.05) is 0 Å². The Bertz CT molecular complexity index is 202. The molecule has 80 valence electrons. The van der Waals surface area contributed by atoms with Gasteiger partial charge in [0.25, 0.3) is 0 Å². The summed E-state index contributed by atoms with van der Waals surface area (Å²) in [7, 11) is 3.03. The lowest BCUT2D eigenvalue weighted by atomic mass is 9.66. The van der Waals surface area contributed by atoms with Crippen LogP contribution in [0.25, 0.3) is 0 Å². The molecule has 0 amide bonds. The molecule has 0 N–H and O–H groups in total. The minimum Gasteiger partial charge on any atom is -0.364 e. The summed E-state index contributed by atoms with van der Waals surface area (Å²) in [4.78, 5) is 4.67. The quantitative estimate of drug-likeness (QED) is 0.479. The molecule has 0 atom stereocenters. The fourth-order valence-corrected chi connectivity index (χ4v) is 1.41. The first-order chi connectivity index (χ1) is 6.23. The highest BCUT2D eigenvalue weighted by atomic mass is 14.6. The van der Waals surface area contributed by atoms with E-state index >= 15 is 0 Å². The molecule has 0 bridgehead atoms. The van der Waals surface area contributed by atoms with Gasteiger partial charge in [0.2, 0.25) is 7.31 Å². The average molecular weight is 193 g/mol. The second kappa shape index (κ2) is 5.04. The molecule has 0 rings (SSSR count). The molecule has 0 saturated carbocycles. The van der Waals surface area contributed by atoms with E-state index in [9.17, 15) is 0 Å². The molecule has 0 aliphatic heterocycles. The molecule has 0 aromatic rings.